The maximum atomic E-state index is 12.5. The van der Waals surface area contributed by atoms with Gasteiger partial charge in [0.1, 0.15) is 0 Å². The van der Waals surface area contributed by atoms with E-state index in [1.165, 1.54) is 0 Å². The van der Waals surface area contributed by atoms with Gasteiger partial charge in [0.15, 0.2) is 5.60 Å². The van der Waals surface area contributed by atoms with Crippen LogP contribution < -0.4 is 5.32 Å². The predicted molar refractivity (Wildman–Crippen MR) is 45.1 cm³/mol. The Balaban J connectivity index is 2.02. The van der Waals surface area contributed by atoms with Crippen LogP contribution in [0.4, 0.5) is 13.2 Å². The predicted octanol–water partition coefficient (Wildman–Crippen LogP) is 1.38. The Bertz CT molecular complexity index is 294. The molecular weight excluding hydrogens is 211 g/mol. The van der Waals surface area contributed by atoms with Gasteiger partial charge < -0.3 is 10.1 Å². The second kappa shape index (κ2) is 2.87. The zero-order chi connectivity index (χ0) is 11.3. The number of amides is 1. The Morgan fingerprint density at radius 2 is 2.07 bits per heavy atom. The standard InChI is InChI=1S/C9H12F3NO2/c1-2-6(14)13-7-3-8(4-7,15-5-7)9(10,11)12/h2-5H2,1H3,(H,13,14). The first-order valence-corrected chi connectivity index (χ1v) is 4.84. The van der Waals surface area contributed by atoms with Crippen LogP contribution in [0.5, 0.6) is 0 Å². The van der Waals surface area contributed by atoms with Crippen LogP contribution in [-0.4, -0.2) is 29.8 Å². The number of carbonyl (C=O) groups is 1. The number of halogens is 3. The van der Waals surface area contributed by atoms with Crippen molar-refractivity contribution in [1.29, 1.82) is 0 Å². The SMILES string of the molecule is CCC(=O)NC12COC(C(F)(F)F)(C1)C2. The van der Waals surface area contributed by atoms with Crippen molar-refractivity contribution in [1.82, 2.24) is 5.32 Å². The number of fused-ring (bicyclic) bond motifs is 1. The van der Waals surface area contributed by atoms with E-state index in [2.05, 4.69) is 5.32 Å². The van der Waals surface area contributed by atoms with E-state index in [1.807, 2.05) is 0 Å². The first-order chi connectivity index (χ1) is 6.83. The van der Waals surface area contributed by atoms with Gasteiger partial charge in [0.25, 0.3) is 0 Å². The fraction of sp³-hybridized carbons (Fsp3) is 0.889. The Kier molecular flexibility index (Phi) is 2.05. The van der Waals surface area contributed by atoms with Crippen LogP contribution in [0, 0.1) is 0 Å². The van der Waals surface area contributed by atoms with Gasteiger partial charge in [-0.2, -0.15) is 13.2 Å². The molecule has 3 rings (SSSR count). The van der Waals surface area contributed by atoms with Crippen molar-refractivity contribution in [2.24, 2.45) is 0 Å². The van der Waals surface area contributed by atoms with Crippen LogP contribution in [0.2, 0.25) is 0 Å². The van der Waals surface area contributed by atoms with Gasteiger partial charge in [0.2, 0.25) is 5.91 Å². The smallest absolute Gasteiger partial charge is 0.363 e. The lowest BCUT2D eigenvalue weighted by Crippen LogP contribution is -2.64. The summed E-state index contributed by atoms with van der Waals surface area (Å²) >= 11 is 0. The Hall–Kier alpha value is -0.780. The summed E-state index contributed by atoms with van der Waals surface area (Å²) in [6.07, 6.45) is -4.34. The van der Waals surface area contributed by atoms with E-state index in [9.17, 15) is 18.0 Å². The molecule has 0 unspecified atom stereocenters. The maximum Gasteiger partial charge on any atom is 0.417 e. The Labute approximate surface area is 85.0 Å². The van der Waals surface area contributed by atoms with Gasteiger partial charge in [-0.1, -0.05) is 6.92 Å². The molecule has 0 spiro atoms. The van der Waals surface area contributed by atoms with Gasteiger partial charge in [0, 0.05) is 19.3 Å². The number of rotatable bonds is 2. The van der Waals surface area contributed by atoms with Crippen molar-refractivity contribution in [3.8, 4) is 0 Å². The molecule has 3 aliphatic rings. The third kappa shape index (κ3) is 1.42. The molecule has 2 saturated heterocycles. The molecule has 3 nitrogen and oxygen atoms in total. The molecule has 0 atom stereocenters. The highest BCUT2D eigenvalue weighted by Crippen LogP contribution is 2.58. The van der Waals surface area contributed by atoms with Crippen LogP contribution in [0.25, 0.3) is 0 Å². The number of carbonyl (C=O) groups excluding carboxylic acids is 1. The van der Waals surface area contributed by atoms with Crippen molar-refractivity contribution >= 4 is 5.91 Å². The summed E-state index contributed by atoms with van der Waals surface area (Å²) in [5.41, 5.74) is -2.75. The summed E-state index contributed by atoms with van der Waals surface area (Å²) in [5.74, 6) is -0.226. The molecule has 2 aliphatic heterocycles. The molecule has 1 N–H and O–H groups in total. The van der Waals surface area contributed by atoms with Crippen LogP contribution in [-0.2, 0) is 9.53 Å². The van der Waals surface area contributed by atoms with Gasteiger partial charge in [-0.25, -0.2) is 0 Å². The summed E-state index contributed by atoms with van der Waals surface area (Å²) in [7, 11) is 0. The molecule has 2 bridgehead atoms. The van der Waals surface area contributed by atoms with Crippen molar-refractivity contribution in [2.75, 3.05) is 6.61 Å². The Morgan fingerprint density at radius 3 is 2.47 bits per heavy atom. The normalized spacial score (nSPS) is 38.7. The molecule has 0 aromatic heterocycles. The number of hydrogen-bond donors (Lipinski definition) is 1. The van der Waals surface area contributed by atoms with Crippen LogP contribution in [0.15, 0.2) is 0 Å². The van der Waals surface area contributed by atoms with Crippen LogP contribution in [0.1, 0.15) is 26.2 Å². The lowest BCUT2D eigenvalue weighted by Gasteiger charge is -2.45. The van der Waals surface area contributed by atoms with Crippen LogP contribution in [0.3, 0.4) is 0 Å². The molecule has 1 amide bonds. The molecule has 6 heteroatoms. The average Bonchev–Trinajstić information content (AvgIpc) is 2.58. The molecule has 0 radical (unpaired) electrons. The highest BCUT2D eigenvalue weighted by Gasteiger charge is 2.74. The molecule has 2 heterocycles. The van der Waals surface area contributed by atoms with Gasteiger partial charge in [-0.15, -0.1) is 0 Å². The summed E-state index contributed by atoms with van der Waals surface area (Å²) in [5, 5.41) is 2.60. The zero-order valence-electron chi connectivity index (χ0n) is 8.28. The second-order valence-electron chi connectivity index (χ2n) is 4.32. The van der Waals surface area contributed by atoms with Crippen molar-refractivity contribution < 1.29 is 22.7 Å². The third-order valence-corrected chi connectivity index (χ3v) is 3.11. The minimum atomic E-state index is -4.33. The van der Waals surface area contributed by atoms with Gasteiger partial charge in [-0.05, 0) is 0 Å². The van der Waals surface area contributed by atoms with Gasteiger partial charge >= 0.3 is 6.18 Å². The highest BCUT2D eigenvalue weighted by atomic mass is 19.4. The van der Waals surface area contributed by atoms with E-state index < -0.39 is 17.3 Å². The molecule has 0 aromatic rings. The van der Waals surface area contributed by atoms with E-state index >= 15 is 0 Å². The fourth-order valence-electron chi connectivity index (χ4n) is 2.31. The van der Waals surface area contributed by atoms with Crippen LogP contribution >= 0.6 is 0 Å². The largest absolute Gasteiger partial charge is 0.417 e. The zero-order valence-corrected chi connectivity index (χ0v) is 8.28. The van der Waals surface area contributed by atoms with E-state index in [0.29, 0.717) is 0 Å². The number of ether oxygens (including phenoxy) is 1. The molecule has 1 aliphatic carbocycles. The molecule has 86 valence electrons. The molecule has 3 fully saturated rings. The lowest BCUT2D eigenvalue weighted by molar-refractivity contribution is -0.273. The summed E-state index contributed by atoms with van der Waals surface area (Å²) in [6, 6.07) is 0. The number of hydrogen-bond acceptors (Lipinski definition) is 2. The highest BCUT2D eigenvalue weighted by molar-refractivity contribution is 5.76. The minimum Gasteiger partial charge on any atom is -0.363 e. The van der Waals surface area contributed by atoms with Gasteiger partial charge in [-0.3, -0.25) is 4.79 Å². The molecule has 1 saturated carbocycles. The second-order valence-corrected chi connectivity index (χ2v) is 4.32. The minimum absolute atomic E-state index is 0.0295. The van der Waals surface area contributed by atoms with E-state index in [4.69, 9.17) is 4.74 Å². The Morgan fingerprint density at radius 1 is 1.47 bits per heavy atom. The molecular formula is C9H12F3NO2. The summed E-state index contributed by atoms with van der Waals surface area (Å²) in [4.78, 5) is 11.1. The van der Waals surface area contributed by atoms with E-state index in [0.717, 1.165) is 0 Å². The van der Waals surface area contributed by atoms with E-state index in [1.54, 1.807) is 6.92 Å². The monoisotopic (exact) mass is 223 g/mol. The van der Waals surface area contributed by atoms with Crippen molar-refractivity contribution in [3.05, 3.63) is 0 Å². The first-order valence-electron chi connectivity index (χ1n) is 4.84. The number of nitrogens with one attached hydrogen (secondary N) is 1. The van der Waals surface area contributed by atoms with Gasteiger partial charge in [0.05, 0.1) is 12.1 Å². The van der Waals surface area contributed by atoms with Crippen molar-refractivity contribution in [3.63, 3.8) is 0 Å². The average molecular weight is 223 g/mol. The quantitative estimate of drug-likeness (QED) is 0.768. The maximum absolute atomic E-state index is 12.5. The number of alkyl halides is 3. The summed E-state index contributed by atoms with van der Waals surface area (Å²) < 4.78 is 42.4. The topological polar surface area (TPSA) is 38.3 Å². The fourth-order valence-corrected chi connectivity index (χ4v) is 2.31. The third-order valence-electron chi connectivity index (χ3n) is 3.11. The molecule has 15 heavy (non-hydrogen) atoms. The lowest BCUT2D eigenvalue weighted by atomic mass is 9.68. The summed E-state index contributed by atoms with van der Waals surface area (Å²) in [6.45, 7) is 1.63. The molecule has 0 aromatic carbocycles. The van der Waals surface area contributed by atoms with E-state index in [-0.39, 0.29) is 31.8 Å². The first kappa shape index (κ1) is 10.7. The van der Waals surface area contributed by atoms with Crippen molar-refractivity contribution in [2.45, 2.75) is 43.5 Å².